The smallest absolute Gasteiger partial charge is 0.335 e. The van der Waals surface area contributed by atoms with E-state index in [1.807, 2.05) is 0 Å². The van der Waals surface area contributed by atoms with Gasteiger partial charge in [0, 0.05) is 0 Å². The van der Waals surface area contributed by atoms with Crippen LogP contribution in [0, 0.1) is 5.82 Å². The molecule has 2 atom stereocenters. The van der Waals surface area contributed by atoms with Crippen LogP contribution in [0.5, 0.6) is 0 Å². The van der Waals surface area contributed by atoms with Crippen molar-refractivity contribution in [3.05, 3.63) is 35.6 Å². The number of carboxylic acid groups (broad SMARTS) is 1. The Balaban J connectivity index is 2.16. The first kappa shape index (κ1) is 8.19. The van der Waals surface area contributed by atoms with Gasteiger partial charge in [0.25, 0.3) is 0 Å². The summed E-state index contributed by atoms with van der Waals surface area (Å²) in [5, 5.41) is 8.54. The second kappa shape index (κ2) is 2.81. The number of carboxylic acids is 1. The van der Waals surface area contributed by atoms with E-state index < -0.39 is 18.2 Å². The van der Waals surface area contributed by atoms with Gasteiger partial charge in [-0.05, 0) is 17.7 Å². The van der Waals surface area contributed by atoms with E-state index in [-0.39, 0.29) is 5.82 Å². The largest absolute Gasteiger partial charge is 0.479 e. The number of hydrogen-bond donors (Lipinski definition) is 1. The molecule has 0 amide bonds. The first-order valence-electron chi connectivity index (χ1n) is 3.82. The average molecular weight is 182 g/mol. The number of aliphatic carboxylic acids is 1. The van der Waals surface area contributed by atoms with Gasteiger partial charge in [-0.15, -0.1) is 0 Å². The summed E-state index contributed by atoms with van der Waals surface area (Å²) in [5.41, 5.74) is 0.576. The highest BCUT2D eigenvalue weighted by atomic mass is 19.1. The van der Waals surface area contributed by atoms with Gasteiger partial charge in [0.15, 0.2) is 6.10 Å². The van der Waals surface area contributed by atoms with Crippen LogP contribution >= 0.6 is 0 Å². The molecule has 1 aliphatic heterocycles. The van der Waals surface area contributed by atoms with Crippen LogP contribution in [0.4, 0.5) is 4.39 Å². The number of carbonyl (C=O) groups is 1. The minimum Gasteiger partial charge on any atom is -0.479 e. The summed E-state index contributed by atoms with van der Waals surface area (Å²) < 4.78 is 17.5. The van der Waals surface area contributed by atoms with E-state index in [1.165, 1.54) is 18.2 Å². The van der Waals surface area contributed by atoms with E-state index in [0.717, 1.165) is 0 Å². The molecule has 0 bridgehead atoms. The van der Waals surface area contributed by atoms with Crippen LogP contribution in [0.1, 0.15) is 11.7 Å². The van der Waals surface area contributed by atoms with Crippen LogP contribution in [0.3, 0.4) is 0 Å². The molecule has 2 rings (SSSR count). The van der Waals surface area contributed by atoms with Gasteiger partial charge < -0.3 is 9.84 Å². The van der Waals surface area contributed by atoms with Crippen LogP contribution in [-0.2, 0) is 9.53 Å². The lowest BCUT2D eigenvalue weighted by Crippen LogP contribution is -2.04. The van der Waals surface area contributed by atoms with Crippen molar-refractivity contribution in [1.82, 2.24) is 0 Å². The monoisotopic (exact) mass is 182 g/mol. The zero-order valence-electron chi connectivity index (χ0n) is 6.61. The lowest BCUT2D eigenvalue weighted by molar-refractivity contribution is -0.138. The first-order valence-corrected chi connectivity index (χ1v) is 3.82. The minimum atomic E-state index is -1.01. The zero-order valence-corrected chi connectivity index (χ0v) is 6.61. The molecule has 0 aliphatic carbocycles. The fourth-order valence-electron chi connectivity index (χ4n) is 1.24. The van der Waals surface area contributed by atoms with E-state index in [9.17, 15) is 9.18 Å². The van der Waals surface area contributed by atoms with Gasteiger partial charge in [-0.2, -0.15) is 0 Å². The quantitative estimate of drug-likeness (QED) is 0.702. The SMILES string of the molecule is O=C(O)C1OC1c1cccc(F)c1. The molecule has 0 spiro atoms. The maximum absolute atomic E-state index is 12.7. The topological polar surface area (TPSA) is 49.8 Å². The van der Waals surface area contributed by atoms with Gasteiger partial charge in [0.2, 0.25) is 0 Å². The third-order valence-electron chi connectivity index (χ3n) is 1.91. The van der Waals surface area contributed by atoms with Crippen molar-refractivity contribution in [2.24, 2.45) is 0 Å². The highest BCUT2D eigenvalue weighted by molar-refractivity contribution is 5.76. The molecule has 4 heteroatoms. The minimum absolute atomic E-state index is 0.378. The van der Waals surface area contributed by atoms with Crippen LogP contribution in [-0.4, -0.2) is 17.2 Å². The number of hydrogen-bond acceptors (Lipinski definition) is 2. The van der Waals surface area contributed by atoms with E-state index in [0.29, 0.717) is 5.56 Å². The van der Waals surface area contributed by atoms with Crippen molar-refractivity contribution in [2.45, 2.75) is 12.2 Å². The Labute approximate surface area is 73.8 Å². The average Bonchev–Trinajstić information content (AvgIpc) is 2.82. The third kappa shape index (κ3) is 1.53. The van der Waals surface area contributed by atoms with E-state index >= 15 is 0 Å². The molecule has 0 radical (unpaired) electrons. The predicted molar refractivity (Wildman–Crippen MR) is 41.6 cm³/mol. The Kier molecular flexibility index (Phi) is 1.77. The number of halogens is 1. The molecule has 1 aromatic carbocycles. The second-order valence-electron chi connectivity index (χ2n) is 2.87. The Morgan fingerprint density at radius 2 is 2.31 bits per heavy atom. The van der Waals surface area contributed by atoms with Crippen LogP contribution in [0.25, 0.3) is 0 Å². The van der Waals surface area contributed by atoms with E-state index in [1.54, 1.807) is 6.07 Å². The van der Waals surface area contributed by atoms with Crippen LogP contribution in [0.2, 0.25) is 0 Å². The van der Waals surface area contributed by atoms with Gasteiger partial charge in [-0.25, -0.2) is 9.18 Å². The van der Waals surface area contributed by atoms with Crippen molar-refractivity contribution < 1.29 is 19.0 Å². The Morgan fingerprint density at radius 1 is 1.54 bits per heavy atom. The molecule has 0 aromatic heterocycles. The molecule has 1 heterocycles. The van der Waals surface area contributed by atoms with Crippen molar-refractivity contribution in [3.8, 4) is 0 Å². The summed E-state index contributed by atoms with van der Waals surface area (Å²) in [6, 6.07) is 5.78. The third-order valence-corrected chi connectivity index (χ3v) is 1.91. The number of epoxide rings is 1. The van der Waals surface area contributed by atoms with Crippen LogP contribution < -0.4 is 0 Å². The lowest BCUT2D eigenvalue weighted by Gasteiger charge is -1.93. The Bertz CT molecular complexity index is 350. The molecule has 0 saturated carbocycles. The number of benzene rings is 1. The molecule has 1 aliphatic rings. The maximum atomic E-state index is 12.7. The molecule has 2 unspecified atom stereocenters. The van der Waals surface area contributed by atoms with Gasteiger partial charge >= 0.3 is 5.97 Å². The first-order chi connectivity index (χ1) is 6.18. The highest BCUT2D eigenvalue weighted by Crippen LogP contribution is 2.38. The molecular formula is C9H7FO3. The van der Waals surface area contributed by atoms with Crippen molar-refractivity contribution in [2.75, 3.05) is 0 Å². The Hall–Kier alpha value is -1.42. The summed E-state index contributed by atoms with van der Waals surface area (Å²) in [4.78, 5) is 10.4. The van der Waals surface area contributed by atoms with E-state index in [4.69, 9.17) is 9.84 Å². The van der Waals surface area contributed by atoms with Gasteiger partial charge in [0.05, 0.1) is 0 Å². The van der Waals surface area contributed by atoms with Crippen molar-refractivity contribution in [1.29, 1.82) is 0 Å². The van der Waals surface area contributed by atoms with Crippen molar-refractivity contribution >= 4 is 5.97 Å². The van der Waals surface area contributed by atoms with Gasteiger partial charge in [0.1, 0.15) is 11.9 Å². The van der Waals surface area contributed by atoms with Crippen LogP contribution in [0.15, 0.2) is 24.3 Å². The fraction of sp³-hybridized carbons (Fsp3) is 0.222. The molecule has 68 valence electrons. The summed E-state index contributed by atoms with van der Waals surface area (Å²) in [6.45, 7) is 0. The van der Waals surface area contributed by atoms with E-state index in [2.05, 4.69) is 0 Å². The van der Waals surface area contributed by atoms with Gasteiger partial charge in [-0.3, -0.25) is 0 Å². The fourth-order valence-corrected chi connectivity index (χ4v) is 1.24. The normalized spacial score (nSPS) is 25.6. The second-order valence-corrected chi connectivity index (χ2v) is 2.87. The molecule has 13 heavy (non-hydrogen) atoms. The molecule has 3 nitrogen and oxygen atoms in total. The highest BCUT2D eigenvalue weighted by Gasteiger charge is 2.46. The molecule has 1 aromatic rings. The zero-order chi connectivity index (χ0) is 9.42. The molecular weight excluding hydrogens is 175 g/mol. The molecule has 1 saturated heterocycles. The lowest BCUT2D eigenvalue weighted by atomic mass is 10.1. The molecule has 1 N–H and O–H groups in total. The number of rotatable bonds is 2. The summed E-state index contributed by atoms with van der Waals surface area (Å²) in [7, 11) is 0. The summed E-state index contributed by atoms with van der Waals surface area (Å²) in [6.07, 6.45) is -1.28. The van der Waals surface area contributed by atoms with Gasteiger partial charge in [-0.1, -0.05) is 12.1 Å². The Morgan fingerprint density at radius 3 is 2.85 bits per heavy atom. The maximum Gasteiger partial charge on any atom is 0.335 e. The predicted octanol–water partition coefficient (Wildman–Crippen LogP) is 1.35. The number of ether oxygens (including phenoxy) is 1. The van der Waals surface area contributed by atoms with Crippen molar-refractivity contribution in [3.63, 3.8) is 0 Å². The summed E-state index contributed by atoms with van der Waals surface area (Å²) >= 11 is 0. The molecule has 1 fully saturated rings. The standard InChI is InChI=1S/C9H7FO3/c10-6-3-1-2-5(4-6)7-8(13-7)9(11)12/h1-4,7-8H,(H,11,12). The summed E-state index contributed by atoms with van der Waals surface area (Å²) in [5.74, 6) is -1.38.